The monoisotopic (exact) mass is 471 g/mol. The van der Waals surface area contributed by atoms with E-state index in [0.29, 0.717) is 18.1 Å². The first-order valence-corrected chi connectivity index (χ1v) is 11.1. The minimum absolute atomic E-state index is 0.236. The molecule has 0 unspecified atom stereocenters. The van der Waals surface area contributed by atoms with E-state index in [0.717, 1.165) is 29.0 Å². The predicted molar refractivity (Wildman–Crippen MR) is 128 cm³/mol. The molecule has 31 heavy (non-hydrogen) atoms. The van der Waals surface area contributed by atoms with Crippen molar-refractivity contribution < 1.29 is 4.79 Å². The number of halogens is 3. The average Bonchev–Trinajstić information content (AvgIpc) is 3.11. The van der Waals surface area contributed by atoms with Crippen molar-refractivity contribution in [3.05, 3.63) is 93.2 Å². The zero-order valence-corrected chi connectivity index (χ0v) is 19.1. The van der Waals surface area contributed by atoms with Gasteiger partial charge in [-0.25, -0.2) is 4.98 Å². The van der Waals surface area contributed by atoms with Gasteiger partial charge in [-0.3, -0.25) is 9.36 Å². The lowest BCUT2D eigenvalue weighted by Crippen LogP contribution is -2.32. The van der Waals surface area contributed by atoms with E-state index in [2.05, 4.69) is 4.57 Å². The molecule has 0 bridgehead atoms. The lowest BCUT2D eigenvalue weighted by Gasteiger charge is -2.23. The molecule has 0 spiro atoms. The summed E-state index contributed by atoms with van der Waals surface area (Å²) in [5.74, 6) is 0.510. The van der Waals surface area contributed by atoms with Gasteiger partial charge in [-0.05, 0) is 42.8 Å². The normalized spacial score (nSPS) is 11.1. The smallest absolute Gasteiger partial charge is 0.257 e. The van der Waals surface area contributed by atoms with Crippen molar-refractivity contribution in [1.29, 1.82) is 0 Å². The largest absolute Gasteiger partial charge is 0.331 e. The quantitative estimate of drug-likeness (QED) is 0.302. The summed E-state index contributed by atoms with van der Waals surface area (Å²) in [7, 11) is 0. The summed E-state index contributed by atoms with van der Waals surface area (Å²) >= 11 is 18.7. The highest BCUT2D eigenvalue weighted by molar-refractivity contribution is 6.42. The molecule has 0 aliphatic rings. The van der Waals surface area contributed by atoms with E-state index in [4.69, 9.17) is 39.8 Å². The summed E-state index contributed by atoms with van der Waals surface area (Å²) in [4.78, 5) is 20.0. The zero-order valence-electron chi connectivity index (χ0n) is 16.9. The summed E-state index contributed by atoms with van der Waals surface area (Å²) in [6.07, 6.45) is 0.778. The number of carbonyl (C=O) groups excluding carboxylic acids is 1. The van der Waals surface area contributed by atoms with Crippen LogP contribution in [0.1, 0.15) is 29.5 Å². The van der Waals surface area contributed by atoms with Gasteiger partial charge in [-0.15, -0.1) is 0 Å². The van der Waals surface area contributed by atoms with Crippen molar-refractivity contribution in [3.63, 3.8) is 0 Å². The van der Waals surface area contributed by atoms with E-state index in [9.17, 15) is 4.79 Å². The molecule has 0 aliphatic heterocycles. The number of benzene rings is 3. The van der Waals surface area contributed by atoms with Crippen molar-refractivity contribution in [1.82, 2.24) is 14.5 Å². The number of fused-ring (bicyclic) bond motifs is 1. The van der Waals surface area contributed by atoms with Gasteiger partial charge in [-0.2, -0.15) is 0 Å². The molecule has 0 aliphatic carbocycles. The van der Waals surface area contributed by atoms with Gasteiger partial charge in [0.1, 0.15) is 5.82 Å². The average molecular weight is 473 g/mol. The van der Waals surface area contributed by atoms with E-state index >= 15 is 0 Å². The molecule has 0 saturated heterocycles. The molecule has 0 N–H and O–H groups in total. The lowest BCUT2D eigenvalue weighted by molar-refractivity contribution is 0.0738. The molecule has 3 aromatic carbocycles. The fraction of sp³-hybridized carbons (Fsp3) is 0.167. The molecule has 1 heterocycles. The third-order valence-electron chi connectivity index (χ3n) is 4.98. The lowest BCUT2D eigenvalue weighted by atomic mass is 10.2. The summed E-state index contributed by atoms with van der Waals surface area (Å²) in [6, 6.07) is 21.0. The molecule has 0 fully saturated rings. The van der Waals surface area contributed by atoms with Crippen LogP contribution in [0.25, 0.3) is 16.7 Å². The molecule has 4 aromatic rings. The number of aromatic nitrogens is 2. The molecule has 158 valence electrons. The molecule has 4 nitrogen and oxygen atoms in total. The predicted octanol–water partition coefficient (Wildman–Crippen LogP) is 7.04. The summed E-state index contributed by atoms with van der Waals surface area (Å²) in [5.41, 5.74) is 3.09. The molecular weight excluding hydrogens is 453 g/mol. The first kappa shape index (κ1) is 21.7. The second kappa shape index (κ2) is 9.31. The Morgan fingerprint density at radius 1 is 0.968 bits per heavy atom. The maximum atomic E-state index is 13.4. The number of carbonyl (C=O) groups is 1. The Morgan fingerprint density at radius 3 is 2.29 bits per heavy atom. The highest BCUT2D eigenvalue weighted by Crippen LogP contribution is 2.31. The molecular formula is C24H20Cl3N3O. The second-order valence-corrected chi connectivity index (χ2v) is 8.41. The summed E-state index contributed by atoms with van der Waals surface area (Å²) in [6.45, 7) is 2.86. The third kappa shape index (κ3) is 4.42. The maximum Gasteiger partial charge on any atom is 0.257 e. The van der Waals surface area contributed by atoms with Crippen LogP contribution in [0.4, 0.5) is 0 Å². The number of para-hydroxylation sites is 3. The fourth-order valence-electron chi connectivity index (χ4n) is 3.64. The van der Waals surface area contributed by atoms with E-state index < -0.39 is 0 Å². The Hall–Kier alpha value is -2.53. The van der Waals surface area contributed by atoms with Gasteiger partial charge in [0.25, 0.3) is 5.91 Å². The van der Waals surface area contributed by atoms with Gasteiger partial charge < -0.3 is 4.90 Å². The van der Waals surface area contributed by atoms with Crippen molar-refractivity contribution in [3.8, 4) is 5.69 Å². The minimum atomic E-state index is -0.250. The van der Waals surface area contributed by atoms with Gasteiger partial charge in [-0.1, -0.05) is 72.1 Å². The van der Waals surface area contributed by atoms with Crippen LogP contribution in [-0.2, 0) is 6.54 Å². The minimum Gasteiger partial charge on any atom is -0.331 e. The van der Waals surface area contributed by atoms with Gasteiger partial charge in [0.05, 0.1) is 33.2 Å². The molecule has 0 radical (unpaired) electrons. The van der Waals surface area contributed by atoms with Crippen LogP contribution in [-0.4, -0.2) is 26.9 Å². The van der Waals surface area contributed by atoms with Crippen molar-refractivity contribution in [2.45, 2.75) is 19.9 Å². The third-order valence-corrected chi connectivity index (χ3v) is 5.79. The number of amides is 1. The Labute approximate surface area is 196 Å². The van der Waals surface area contributed by atoms with Crippen LogP contribution >= 0.6 is 34.8 Å². The Kier molecular flexibility index (Phi) is 6.51. The van der Waals surface area contributed by atoms with Crippen molar-refractivity contribution >= 4 is 51.7 Å². The second-order valence-electron chi connectivity index (χ2n) is 7.16. The summed E-state index contributed by atoms with van der Waals surface area (Å²) < 4.78 is 2.08. The SMILES string of the molecule is CCCN(Cc1nc2ccccc2n1-c1ccccc1)C(=O)c1c(Cl)cc(Cl)cc1Cl. The van der Waals surface area contributed by atoms with E-state index in [1.54, 1.807) is 4.90 Å². The van der Waals surface area contributed by atoms with Crippen LogP contribution in [0.5, 0.6) is 0 Å². The number of hydrogen-bond acceptors (Lipinski definition) is 2. The number of hydrogen-bond donors (Lipinski definition) is 0. The van der Waals surface area contributed by atoms with Crippen LogP contribution < -0.4 is 0 Å². The van der Waals surface area contributed by atoms with E-state index in [-0.39, 0.29) is 21.5 Å². The van der Waals surface area contributed by atoms with Gasteiger partial charge in [0.15, 0.2) is 0 Å². The number of imidazole rings is 1. The fourth-order valence-corrected chi connectivity index (χ4v) is 4.62. The zero-order chi connectivity index (χ0) is 22.0. The van der Waals surface area contributed by atoms with Crippen LogP contribution in [0, 0.1) is 0 Å². The van der Waals surface area contributed by atoms with E-state index in [1.165, 1.54) is 12.1 Å². The van der Waals surface area contributed by atoms with Crippen molar-refractivity contribution in [2.24, 2.45) is 0 Å². The highest BCUT2D eigenvalue weighted by Gasteiger charge is 2.24. The van der Waals surface area contributed by atoms with E-state index in [1.807, 2.05) is 61.5 Å². The Bertz CT molecular complexity index is 1210. The maximum absolute atomic E-state index is 13.4. The Balaban J connectivity index is 1.78. The molecule has 7 heteroatoms. The van der Waals surface area contributed by atoms with Crippen LogP contribution in [0.3, 0.4) is 0 Å². The molecule has 0 saturated carbocycles. The van der Waals surface area contributed by atoms with Gasteiger partial charge in [0.2, 0.25) is 0 Å². The first-order valence-electron chi connectivity index (χ1n) is 9.95. The molecule has 4 rings (SSSR count). The van der Waals surface area contributed by atoms with Crippen LogP contribution in [0.15, 0.2) is 66.7 Å². The summed E-state index contributed by atoms with van der Waals surface area (Å²) in [5, 5.41) is 0.861. The first-order chi connectivity index (χ1) is 15.0. The topological polar surface area (TPSA) is 38.1 Å². The molecule has 0 atom stereocenters. The highest BCUT2D eigenvalue weighted by atomic mass is 35.5. The molecule has 1 aromatic heterocycles. The van der Waals surface area contributed by atoms with Gasteiger partial charge >= 0.3 is 0 Å². The molecule has 1 amide bonds. The standard InChI is InChI=1S/C24H20Cl3N3O/c1-2-12-29(24(31)23-18(26)13-16(25)14-19(23)27)15-22-28-20-10-6-7-11-21(20)30(22)17-8-4-3-5-9-17/h3-11,13-14H,2,12,15H2,1H3. The number of nitrogens with zero attached hydrogens (tertiary/aromatic N) is 3. The van der Waals surface area contributed by atoms with Crippen LogP contribution in [0.2, 0.25) is 15.1 Å². The van der Waals surface area contributed by atoms with Gasteiger partial charge in [0, 0.05) is 17.3 Å². The number of rotatable bonds is 6. The van der Waals surface area contributed by atoms with Crippen molar-refractivity contribution in [2.75, 3.05) is 6.54 Å². The Morgan fingerprint density at radius 2 is 1.61 bits per heavy atom.